The van der Waals surface area contributed by atoms with Crippen molar-refractivity contribution in [2.45, 2.75) is 39.3 Å². The van der Waals surface area contributed by atoms with E-state index in [-0.39, 0.29) is 27.8 Å². The maximum atomic E-state index is 14.4. The van der Waals surface area contributed by atoms with Crippen LogP contribution in [-0.2, 0) is 11.8 Å². The van der Waals surface area contributed by atoms with Gasteiger partial charge >= 0.3 is 12.2 Å². The third-order valence-corrected chi connectivity index (χ3v) is 4.76. The van der Waals surface area contributed by atoms with Crippen LogP contribution < -0.4 is 10.2 Å². The molecule has 0 aliphatic heterocycles. The third kappa shape index (κ3) is 5.57. The molecule has 0 bridgehead atoms. The minimum atomic E-state index is -1.37. The van der Waals surface area contributed by atoms with Crippen LogP contribution in [0, 0.1) is 5.95 Å². The van der Waals surface area contributed by atoms with E-state index in [1.54, 1.807) is 26.8 Å². The first-order valence-corrected chi connectivity index (χ1v) is 10.4. The van der Waals surface area contributed by atoms with Gasteiger partial charge in [-0.1, -0.05) is 16.8 Å². The second-order valence-electron chi connectivity index (χ2n) is 8.31. The molecular formula is C21H23ClFN7O4. The van der Waals surface area contributed by atoms with Crippen LogP contribution in [0.4, 0.5) is 25.5 Å². The standard InChI is InChI=1S/C21H23ClFN7O4/c1-11(14-8-12(22)9-25-17(14)23)30(20(32)33)18-16(27-28-29(18)5)15-7-6-13(10-24-15)26-19(31)34-21(2,3)4/h6-11H,1-5H3,(H,26,31)(H,32,33)/t11-/m1/s1. The molecule has 0 unspecified atom stereocenters. The number of rotatable bonds is 5. The van der Waals surface area contributed by atoms with Gasteiger partial charge in [0.05, 0.1) is 28.6 Å². The summed E-state index contributed by atoms with van der Waals surface area (Å²) >= 11 is 5.94. The molecule has 0 spiro atoms. The summed E-state index contributed by atoms with van der Waals surface area (Å²) in [5.74, 6) is -0.796. The van der Waals surface area contributed by atoms with Crippen LogP contribution in [0.5, 0.6) is 0 Å². The van der Waals surface area contributed by atoms with Crippen LogP contribution in [0.25, 0.3) is 11.4 Å². The van der Waals surface area contributed by atoms with Gasteiger partial charge in [0.2, 0.25) is 5.95 Å². The average molecular weight is 492 g/mol. The van der Waals surface area contributed by atoms with Gasteiger partial charge in [0.1, 0.15) is 5.60 Å². The highest BCUT2D eigenvalue weighted by molar-refractivity contribution is 6.30. The lowest BCUT2D eigenvalue weighted by Gasteiger charge is -2.27. The molecule has 0 aromatic carbocycles. The van der Waals surface area contributed by atoms with E-state index in [4.69, 9.17) is 16.3 Å². The molecule has 1 atom stereocenters. The van der Waals surface area contributed by atoms with Gasteiger partial charge in [0.15, 0.2) is 11.5 Å². The molecule has 13 heteroatoms. The van der Waals surface area contributed by atoms with Crippen molar-refractivity contribution < 1.29 is 23.8 Å². The van der Waals surface area contributed by atoms with E-state index in [1.165, 1.54) is 37.0 Å². The Hall–Kier alpha value is -3.80. The molecular weight excluding hydrogens is 469 g/mol. The zero-order chi connectivity index (χ0) is 25.2. The van der Waals surface area contributed by atoms with Gasteiger partial charge in [-0.3, -0.25) is 15.2 Å². The Balaban J connectivity index is 1.95. The quantitative estimate of drug-likeness (QED) is 0.492. The van der Waals surface area contributed by atoms with E-state index in [0.717, 1.165) is 11.1 Å². The van der Waals surface area contributed by atoms with Crippen LogP contribution in [0.1, 0.15) is 39.3 Å². The molecule has 0 fully saturated rings. The number of ether oxygens (including phenoxy) is 1. The summed E-state index contributed by atoms with van der Waals surface area (Å²) in [5, 5.41) is 20.6. The molecule has 3 heterocycles. The number of aryl methyl sites for hydroxylation is 1. The Morgan fingerprint density at radius 3 is 2.56 bits per heavy atom. The van der Waals surface area contributed by atoms with Gasteiger partial charge in [0, 0.05) is 18.8 Å². The van der Waals surface area contributed by atoms with Crippen molar-refractivity contribution in [2.75, 3.05) is 10.2 Å². The highest BCUT2D eigenvalue weighted by atomic mass is 35.5. The molecule has 3 rings (SSSR count). The summed E-state index contributed by atoms with van der Waals surface area (Å²) in [6.07, 6.45) is 0.478. The SMILES string of the molecule is C[C@H](c1cc(Cl)cnc1F)N(C(=O)O)c1c(-c2ccc(NC(=O)OC(C)(C)C)cn2)nnn1C. The highest BCUT2D eigenvalue weighted by Gasteiger charge is 2.32. The summed E-state index contributed by atoms with van der Waals surface area (Å²) in [7, 11) is 1.50. The van der Waals surface area contributed by atoms with Gasteiger partial charge in [-0.25, -0.2) is 19.3 Å². The van der Waals surface area contributed by atoms with Crippen LogP contribution >= 0.6 is 11.6 Å². The van der Waals surface area contributed by atoms with E-state index in [9.17, 15) is 19.1 Å². The predicted molar refractivity (Wildman–Crippen MR) is 122 cm³/mol. The normalized spacial score (nSPS) is 12.2. The van der Waals surface area contributed by atoms with E-state index in [1.807, 2.05) is 0 Å². The number of carbonyl (C=O) groups is 2. The van der Waals surface area contributed by atoms with Crippen LogP contribution in [0.3, 0.4) is 0 Å². The van der Waals surface area contributed by atoms with E-state index >= 15 is 0 Å². The molecule has 2 N–H and O–H groups in total. The van der Waals surface area contributed by atoms with Gasteiger partial charge in [0.25, 0.3) is 0 Å². The summed E-state index contributed by atoms with van der Waals surface area (Å²) in [6, 6.07) is 3.38. The summed E-state index contributed by atoms with van der Waals surface area (Å²) in [5.41, 5.74) is 0.0869. The fraction of sp³-hybridized carbons (Fsp3) is 0.333. The number of carboxylic acid groups (broad SMARTS) is 1. The molecule has 3 aromatic rings. The topological polar surface area (TPSA) is 135 Å². The maximum absolute atomic E-state index is 14.4. The second-order valence-corrected chi connectivity index (χ2v) is 8.74. The fourth-order valence-corrected chi connectivity index (χ4v) is 3.29. The number of anilines is 2. The van der Waals surface area contributed by atoms with Crippen molar-refractivity contribution in [2.24, 2.45) is 7.05 Å². The fourth-order valence-electron chi connectivity index (χ4n) is 3.13. The van der Waals surface area contributed by atoms with Crippen molar-refractivity contribution in [1.82, 2.24) is 25.0 Å². The zero-order valence-electron chi connectivity index (χ0n) is 19.1. The number of halogens is 2. The average Bonchev–Trinajstić information content (AvgIpc) is 3.10. The number of hydrogen-bond acceptors (Lipinski definition) is 7. The van der Waals surface area contributed by atoms with Crippen molar-refractivity contribution >= 4 is 35.3 Å². The number of pyridine rings is 2. The maximum Gasteiger partial charge on any atom is 0.413 e. The Labute approximate surface area is 199 Å². The Morgan fingerprint density at radius 2 is 1.97 bits per heavy atom. The minimum Gasteiger partial charge on any atom is -0.465 e. The monoisotopic (exact) mass is 491 g/mol. The molecule has 34 heavy (non-hydrogen) atoms. The van der Waals surface area contributed by atoms with Crippen molar-refractivity contribution in [3.05, 3.63) is 47.1 Å². The lowest BCUT2D eigenvalue weighted by Crippen LogP contribution is -2.34. The van der Waals surface area contributed by atoms with E-state index < -0.39 is 29.8 Å². The minimum absolute atomic E-state index is 0.0214. The van der Waals surface area contributed by atoms with Crippen LogP contribution in [0.15, 0.2) is 30.6 Å². The summed E-state index contributed by atoms with van der Waals surface area (Å²) in [4.78, 5) is 32.9. The predicted octanol–water partition coefficient (Wildman–Crippen LogP) is 4.66. The smallest absolute Gasteiger partial charge is 0.413 e. The number of nitrogens with zero attached hydrogens (tertiary/aromatic N) is 6. The largest absolute Gasteiger partial charge is 0.465 e. The lowest BCUT2D eigenvalue weighted by atomic mass is 10.1. The number of amides is 2. The number of nitrogens with one attached hydrogen (secondary N) is 1. The zero-order valence-corrected chi connectivity index (χ0v) is 19.8. The van der Waals surface area contributed by atoms with Gasteiger partial charge in [-0.15, -0.1) is 5.10 Å². The Morgan fingerprint density at radius 1 is 1.26 bits per heavy atom. The first kappa shape index (κ1) is 24.8. The Bertz CT molecular complexity index is 1210. The van der Waals surface area contributed by atoms with E-state index in [2.05, 4.69) is 25.6 Å². The Kier molecular flexibility index (Phi) is 7.01. The lowest BCUT2D eigenvalue weighted by molar-refractivity contribution is 0.0636. The molecule has 11 nitrogen and oxygen atoms in total. The van der Waals surface area contributed by atoms with Gasteiger partial charge in [-0.2, -0.15) is 4.39 Å². The van der Waals surface area contributed by atoms with Crippen LogP contribution in [-0.4, -0.2) is 47.9 Å². The first-order valence-electron chi connectivity index (χ1n) is 10.1. The van der Waals surface area contributed by atoms with Gasteiger partial charge in [-0.05, 0) is 45.9 Å². The molecule has 0 aliphatic carbocycles. The first-order chi connectivity index (χ1) is 15.9. The van der Waals surface area contributed by atoms with Crippen molar-refractivity contribution in [3.8, 4) is 11.4 Å². The van der Waals surface area contributed by atoms with Crippen LogP contribution in [0.2, 0.25) is 5.02 Å². The molecule has 0 radical (unpaired) electrons. The molecule has 3 aromatic heterocycles. The van der Waals surface area contributed by atoms with Gasteiger partial charge < -0.3 is 9.84 Å². The number of aromatic nitrogens is 5. The van der Waals surface area contributed by atoms with Crippen molar-refractivity contribution in [1.29, 1.82) is 0 Å². The number of hydrogen-bond donors (Lipinski definition) is 2. The van der Waals surface area contributed by atoms with Crippen molar-refractivity contribution in [3.63, 3.8) is 0 Å². The highest BCUT2D eigenvalue weighted by Crippen LogP contribution is 2.34. The number of carbonyl (C=O) groups excluding carboxylic acids is 1. The van der Waals surface area contributed by atoms with E-state index in [0.29, 0.717) is 5.69 Å². The molecule has 0 aliphatic rings. The second kappa shape index (κ2) is 9.59. The molecule has 180 valence electrons. The molecule has 0 saturated carbocycles. The summed E-state index contributed by atoms with van der Waals surface area (Å²) in [6.45, 7) is 6.71. The third-order valence-electron chi connectivity index (χ3n) is 4.55. The molecule has 2 amide bonds. The summed E-state index contributed by atoms with van der Waals surface area (Å²) < 4.78 is 20.8. The molecule has 0 saturated heterocycles.